The molecule has 0 N–H and O–H groups in total. The highest BCUT2D eigenvalue weighted by molar-refractivity contribution is 6.36. The van der Waals surface area contributed by atoms with Gasteiger partial charge >= 0.3 is 5.69 Å². The number of hydrogen-bond donors (Lipinski definition) is 0. The van der Waals surface area contributed by atoms with Gasteiger partial charge in [-0.05, 0) is 23.3 Å². The van der Waals surface area contributed by atoms with E-state index in [1.54, 1.807) is 18.3 Å². The second kappa shape index (κ2) is 6.35. The predicted octanol–water partition coefficient (Wildman–Crippen LogP) is 3.91. The van der Waals surface area contributed by atoms with Crippen LogP contribution in [-0.4, -0.2) is 19.4 Å². The smallest absolute Gasteiger partial charge is 0.244 e. The van der Waals surface area contributed by atoms with Gasteiger partial charge in [-0.2, -0.15) is 9.61 Å². The first kappa shape index (κ1) is 15.9. The van der Waals surface area contributed by atoms with E-state index in [0.29, 0.717) is 27.8 Å². The topological polar surface area (TPSA) is 52.2 Å². The van der Waals surface area contributed by atoms with Crippen LogP contribution < -0.4 is 5.69 Å². The third-order valence-corrected chi connectivity index (χ3v) is 4.51. The van der Waals surface area contributed by atoms with Crippen molar-refractivity contribution < 1.29 is 0 Å². The number of halogens is 2. The Balaban J connectivity index is 1.82. The molecule has 0 atom stereocenters. The van der Waals surface area contributed by atoms with Gasteiger partial charge < -0.3 is 0 Å². The van der Waals surface area contributed by atoms with Gasteiger partial charge in [-0.25, -0.2) is 9.48 Å². The van der Waals surface area contributed by atoms with Crippen LogP contribution in [0.2, 0.25) is 10.0 Å². The quantitative estimate of drug-likeness (QED) is 0.549. The molecule has 0 unspecified atom stereocenters. The molecule has 0 radical (unpaired) electrons. The zero-order valence-corrected chi connectivity index (χ0v) is 14.4. The Kier molecular flexibility index (Phi) is 4.03. The molecule has 0 saturated carbocycles. The Bertz CT molecular complexity index is 1100. The molecule has 25 heavy (non-hydrogen) atoms. The Labute approximate surface area is 153 Å². The molecule has 0 aliphatic carbocycles. The zero-order valence-electron chi connectivity index (χ0n) is 12.9. The fraction of sp³-hybridized carbons (Fsp3) is 0.0556. The summed E-state index contributed by atoms with van der Waals surface area (Å²) in [5.74, 6) is 0. The minimum atomic E-state index is -0.330. The summed E-state index contributed by atoms with van der Waals surface area (Å²) in [7, 11) is 0. The van der Waals surface area contributed by atoms with Crippen molar-refractivity contribution in [1.82, 2.24) is 19.4 Å². The third-order valence-electron chi connectivity index (χ3n) is 3.88. The lowest BCUT2D eigenvalue weighted by atomic mass is 10.1. The highest BCUT2D eigenvalue weighted by Crippen LogP contribution is 2.29. The Hall–Kier alpha value is -2.63. The average molecular weight is 371 g/mol. The van der Waals surface area contributed by atoms with Gasteiger partial charge in [-0.1, -0.05) is 65.7 Å². The molecule has 4 rings (SSSR count). The number of aromatic nitrogens is 4. The lowest BCUT2D eigenvalue weighted by Crippen LogP contribution is -2.22. The minimum absolute atomic E-state index is 0.329. The van der Waals surface area contributed by atoms with Gasteiger partial charge in [-0.15, -0.1) is 5.10 Å². The van der Waals surface area contributed by atoms with Gasteiger partial charge in [0.25, 0.3) is 0 Å². The molecule has 0 aliphatic heterocycles. The molecule has 0 bridgehead atoms. The summed E-state index contributed by atoms with van der Waals surface area (Å²) < 4.78 is 2.57. The maximum Gasteiger partial charge on any atom is 0.367 e. The molecule has 7 heteroatoms. The highest BCUT2D eigenvalue weighted by Gasteiger charge is 2.15. The van der Waals surface area contributed by atoms with Crippen LogP contribution in [0.4, 0.5) is 0 Å². The number of fused-ring (bicyclic) bond motifs is 1. The van der Waals surface area contributed by atoms with Crippen LogP contribution in [-0.2, 0) is 6.54 Å². The first-order valence-electron chi connectivity index (χ1n) is 7.58. The van der Waals surface area contributed by atoms with Crippen LogP contribution in [0, 0.1) is 0 Å². The van der Waals surface area contributed by atoms with Crippen molar-refractivity contribution in [3.8, 4) is 11.1 Å². The molecule has 0 aliphatic rings. The molecule has 2 heterocycles. The fourth-order valence-electron chi connectivity index (χ4n) is 2.62. The number of benzene rings is 2. The van der Waals surface area contributed by atoms with Gasteiger partial charge in [0.05, 0.1) is 17.8 Å². The van der Waals surface area contributed by atoms with E-state index in [1.807, 2.05) is 42.5 Å². The molecule has 4 aromatic rings. The van der Waals surface area contributed by atoms with Crippen LogP contribution in [0.3, 0.4) is 0 Å². The number of hydrogen-bond acceptors (Lipinski definition) is 3. The molecule has 0 amide bonds. The molecular formula is C18H12Cl2N4O. The second-order valence-electron chi connectivity index (χ2n) is 5.54. The van der Waals surface area contributed by atoms with Gasteiger partial charge in [0, 0.05) is 10.6 Å². The van der Waals surface area contributed by atoms with Crippen LogP contribution in [0.5, 0.6) is 0 Å². The largest absolute Gasteiger partial charge is 0.367 e. The lowest BCUT2D eigenvalue weighted by Gasteiger charge is -2.04. The van der Waals surface area contributed by atoms with Crippen molar-refractivity contribution in [3.05, 3.63) is 86.9 Å². The van der Waals surface area contributed by atoms with E-state index in [0.717, 1.165) is 11.1 Å². The van der Waals surface area contributed by atoms with E-state index in [4.69, 9.17) is 23.2 Å². The van der Waals surface area contributed by atoms with E-state index in [2.05, 4.69) is 10.2 Å². The van der Waals surface area contributed by atoms with E-state index < -0.39 is 0 Å². The van der Waals surface area contributed by atoms with Crippen molar-refractivity contribution in [3.63, 3.8) is 0 Å². The summed E-state index contributed by atoms with van der Waals surface area (Å²) >= 11 is 12.4. The van der Waals surface area contributed by atoms with E-state index in [1.165, 1.54) is 9.20 Å². The predicted molar refractivity (Wildman–Crippen MR) is 98.2 cm³/mol. The third kappa shape index (κ3) is 2.92. The molecule has 2 aromatic carbocycles. The second-order valence-corrected chi connectivity index (χ2v) is 6.35. The molecule has 0 saturated heterocycles. The Morgan fingerprint density at radius 3 is 2.40 bits per heavy atom. The fourth-order valence-corrected chi connectivity index (χ4v) is 3.02. The number of rotatable bonds is 3. The minimum Gasteiger partial charge on any atom is -0.244 e. The first-order chi connectivity index (χ1) is 12.1. The van der Waals surface area contributed by atoms with E-state index in [9.17, 15) is 4.79 Å². The van der Waals surface area contributed by atoms with Gasteiger partial charge in [-0.3, -0.25) is 0 Å². The van der Waals surface area contributed by atoms with Crippen LogP contribution >= 0.6 is 23.2 Å². The van der Waals surface area contributed by atoms with Gasteiger partial charge in [0.15, 0.2) is 5.65 Å². The standard InChI is InChI=1S/C18H12Cl2N4O/c19-14-8-6-13(7-9-14)15-10-21-24-17(16(15)20)22-23(18(24)25)11-12-4-2-1-3-5-12/h1-10H,11H2. The van der Waals surface area contributed by atoms with Crippen molar-refractivity contribution in [2.45, 2.75) is 6.54 Å². The summed E-state index contributed by atoms with van der Waals surface area (Å²) in [5.41, 5.74) is 2.53. The van der Waals surface area contributed by atoms with Gasteiger partial charge in [0.2, 0.25) is 0 Å². The summed E-state index contributed by atoms with van der Waals surface area (Å²) in [4.78, 5) is 12.5. The molecule has 5 nitrogen and oxygen atoms in total. The summed E-state index contributed by atoms with van der Waals surface area (Å²) in [6.07, 6.45) is 1.56. The molecular weight excluding hydrogens is 359 g/mol. The van der Waals surface area contributed by atoms with Crippen molar-refractivity contribution in [1.29, 1.82) is 0 Å². The molecule has 0 spiro atoms. The maximum atomic E-state index is 12.5. The summed E-state index contributed by atoms with van der Waals surface area (Å²) in [6.45, 7) is 0.357. The van der Waals surface area contributed by atoms with Crippen molar-refractivity contribution in [2.24, 2.45) is 0 Å². The molecule has 124 valence electrons. The first-order valence-corrected chi connectivity index (χ1v) is 8.33. The highest BCUT2D eigenvalue weighted by atomic mass is 35.5. The van der Waals surface area contributed by atoms with E-state index >= 15 is 0 Å². The monoisotopic (exact) mass is 370 g/mol. The maximum absolute atomic E-state index is 12.5. The summed E-state index contributed by atoms with van der Waals surface area (Å²) in [6, 6.07) is 16.9. The zero-order chi connectivity index (χ0) is 17.4. The SMILES string of the molecule is O=c1n(Cc2ccccc2)nc2c(Cl)c(-c3ccc(Cl)cc3)cnn12. The number of nitrogens with zero attached hydrogens (tertiary/aromatic N) is 4. The van der Waals surface area contributed by atoms with E-state index in [-0.39, 0.29) is 5.69 Å². The summed E-state index contributed by atoms with van der Waals surface area (Å²) in [5, 5.41) is 9.58. The average Bonchev–Trinajstić information content (AvgIpc) is 2.94. The normalized spacial score (nSPS) is 11.1. The lowest BCUT2D eigenvalue weighted by molar-refractivity contribution is 0.650. The van der Waals surface area contributed by atoms with Crippen molar-refractivity contribution >= 4 is 28.8 Å². The Morgan fingerprint density at radius 2 is 1.68 bits per heavy atom. The van der Waals surface area contributed by atoms with Crippen LogP contribution in [0.25, 0.3) is 16.8 Å². The van der Waals surface area contributed by atoms with Crippen molar-refractivity contribution in [2.75, 3.05) is 0 Å². The van der Waals surface area contributed by atoms with Gasteiger partial charge in [0.1, 0.15) is 0 Å². The molecule has 0 fully saturated rings. The molecule has 2 aromatic heterocycles. The van der Waals surface area contributed by atoms with Crippen LogP contribution in [0.1, 0.15) is 5.56 Å². The van der Waals surface area contributed by atoms with Crippen LogP contribution in [0.15, 0.2) is 65.6 Å². The Morgan fingerprint density at radius 1 is 0.960 bits per heavy atom.